The highest BCUT2D eigenvalue weighted by atomic mass is 16.5. The van der Waals surface area contributed by atoms with Crippen LogP contribution in [-0.4, -0.2) is 22.6 Å². The normalized spacial score (nSPS) is 10.2. The van der Waals surface area contributed by atoms with E-state index in [0.717, 1.165) is 6.42 Å². The van der Waals surface area contributed by atoms with E-state index < -0.39 is 0 Å². The number of anilines is 1. The molecule has 5 heteroatoms. The molecular formula is C16H18N2O3. The van der Waals surface area contributed by atoms with Crippen molar-refractivity contribution in [3.05, 3.63) is 53.7 Å². The van der Waals surface area contributed by atoms with Crippen molar-refractivity contribution in [3.8, 4) is 5.75 Å². The molecule has 0 radical (unpaired) electrons. The van der Waals surface area contributed by atoms with E-state index in [1.165, 1.54) is 5.56 Å². The number of aliphatic hydroxyl groups excluding tert-OH is 1. The molecule has 1 heterocycles. The van der Waals surface area contributed by atoms with Gasteiger partial charge < -0.3 is 15.2 Å². The molecule has 0 fully saturated rings. The number of amides is 1. The van der Waals surface area contributed by atoms with Crippen molar-refractivity contribution < 1.29 is 14.6 Å². The molecule has 1 aromatic heterocycles. The summed E-state index contributed by atoms with van der Waals surface area (Å²) in [5, 5.41) is 11.8. The molecule has 5 nitrogen and oxygen atoms in total. The molecule has 1 amide bonds. The zero-order valence-corrected chi connectivity index (χ0v) is 11.9. The van der Waals surface area contributed by atoms with Gasteiger partial charge in [-0.25, -0.2) is 4.98 Å². The van der Waals surface area contributed by atoms with E-state index in [2.05, 4.69) is 17.2 Å². The minimum atomic E-state index is -0.317. The number of carbonyl (C=O) groups is 1. The maximum Gasteiger partial charge on any atom is 0.263 e. The van der Waals surface area contributed by atoms with Gasteiger partial charge >= 0.3 is 0 Å². The van der Waals surface area contributed by atoms with Crippen LogP contribution in [0.25, 0.3) is 0 Å². The zero-order valence-electron chi connectivity index (χ0n) is 11.9. The minimum Gasteiger partial charge on any atom is -0.484 e. The number of pyridine rings is 1. The number of benzene rings is 1. The van der Waals surface area contributed by atoms with Gasteiger partial charge in [-0.15, -0.1) is 0 Å². The largest absolute Gasteiger partial charge is 0.484 e. The molecule has 2 aromatic rings. The van der Waals surface area contributed by atoms with Crippen molar-refractivity contribution >= 4 is 11.7 Å². The molecule has 0 saturated carbocycles. The Morgan fingerprint density at radius 1 is 1.29 bits per heavy atom. The highest BCUT2D eigenvalue weighted by Crippen LogP contribution is 2.13. The third kappa shape index (κ3) is 4.29. The molecule has 2 rings (SSSR count). The Labute approximate surface area is 123 Å². The van der Waals surface area contributed by atoms with Crippen LogP contribution in [0.15, 0.2) is 42.6 Å². The van der Waals surface area contributed by atoms with E-state index in [-0.39, 0.29) is 19.1 Å². The molecule has 0 aliphatic rings. The summed E-state index contributed by atoms with van der Waals surface area (Å²) in [7, 11) is 0. The molecule has 2 N–H and O–H groups in total. The van der Waals surface area contributed by atoms with Crippen molar-refractivity contribution in [2.45, 2.75) is 20.0 Å². The van der Waals surface area contributed by atoms with E-state index >= 15 is 0 Å². The summed E-state index contributed by atoms with van der Waals surface area (Å²) in [5.74, 6) is 0.684. The average molecular weight is 286 g/mol. The van der Waals surface area contributed by atoms with E-state index in [9.17, 15) is 4.79 Å². The number of carbonyl (C=O) groups excluding carboxylic acids is 1. The van der Waals surface area contributed by atoms with Crippen LogP contribution in [0.2, 0.25) is 0 Å². The third-order valence-corrected chi connectivity index (χ3v) is 3.02. The van der Waals surface area contributed by atoms with Gasteiger partial charge in [0.25, 0.3) is 5.91 Å². The monoisotopic (exact) mass is 286 g/mol. The summed E-state index contributed by atoms with van der Waals surface area (Å²) in [4.78, 5) is 15.8. The van der Waals surface area contributed by atoms with Crippen LogP contribution in [-0.2, 0) is 17.8 Å². The number of aliphatic hydroxyl groups is 1. The predicted molar refractivity (Wildman–Crippen MR) is 80.1 cm³/mol. The number of nitrogens with zero attached hydrogens (tertiary/aromatic N) is 1. The fraction of sp³-hybridized carbons (Fsp3) is 0.250. The average Bonchev–Trinajstić information content (AvgIpc) is 2.54. The molecule has 0 saturated heterocycles. The zero-order chi connectivity index (χ0) is 15.1. The standard InChI is InChI=1S/C16H18N2O3/c1-2-12-5-7-14(8-6-12)21-11-15(20)18-16-13(10-19)4-3-9-17-16/h3-9,19H,2,10-11H2,1H3,(H,17,18,20). The van der Waals surface area contributed by atoms with Gasteiger partial charge in [0.1, 0.15) is 11.6 Å². The SMILES string of the molecule is CCc1ccc(OCC(=O)Nc2ncccc2CO)cc1. The second kappa shape index (κ2) is 7.40. The highest BCUT2D eigenvalue weighted by Gasteiger charge is 2.08. The molecule has 0 unspecified atom stereocenters. The second-order valence-corrected chi connectivity index (χ2v) is 4.50. The number of aromatic nitrogens is 1. The summed E-state index contributed by atoms with van der Waals surface area (Å²) in [6.07, 6.45) is 2.52. The van der Waals surface area contributed by atoms with E-state index in [1.807, 2.05) is 24.3 Å². The van der Waals surface area contributed by atoms with Gasteiger partial charge in [-0.1, -0.05) is 25.1 Å². The number of nitrogens with one attached hydrogen (secondary N) is 1. The van der Waals surface area contributed by atoms with Gasteiger partial charge in [-0.3, -0.25) is 4.79 Å². The number of hydrogen-bond donors (Lipinski definition) is 2. The van der Waals surface area contributed by atoms with Crippen LogP contribution in [0.5, 0.6) is 5.75 Å². The lowest BCUT2D eigenvalue weighted by molar-refractivity contribution is -0.118. The topological polar surface area (TPSA) is 71.5 Å². The predicted octanol–water partition coefficient (Wildman–Crippen LogP) is 2.15. The molecule has 0 atom stereocenters. The molecule has 21 heavy (non-hydrogen) atoms. The fourth-order valence-corrected chi connectivity index (χ4v) is 1.82. The Morgan fingerprint density at radius 3 is 2.71 bits per heavy atom. The minimum absolute atomic E-state index is 0.104. The van der Waals surface area contributed by atoms with Crippen LogP contribution >= 0.6 is 0 Å². The maximum absolute atomic E-state index is 11.8. The molecule has 0 aliphatic heterocycles. The summed E-state index contributed by atoms with van der Waals surface area (Å²) in [5.41, 5.74) is 1.78. The third-order valence-electron chi connectivity index (χ3n) is 3.02. The van der Waals surface area contributed by atoms with Gasteiger partial charge in [0.15, 0.2) is 6.61 Å². The summed E-state index contributed by atoms with van der Waals surface area (Å²) < 4.78 is 5.41. The molecule has 0 aliphatic carbocycles. The quantitative estimate of drug-likeness (QED) is 0.853. The van der Waals surface area contributed by atoms with Crippen molar-refractivity contribution in [2.24, 2.45) is 0 Å². The number of ether oxygens (including phenoxy) is 1. The highest BCUT2D eigenvalue weighted by molar-refractivity contribution is 5.91. The Bertz CT molecular complexity index is 597. The lowest BCUT2D eigenvalue weighted by Crippen LogP contribution is -2.21. The van der Waals surface area contributed by atoms with Gasteiger partial charge in [-0.05, 0) is 30.2 Å². The lowest BCUT2D eigenvalue weighted by atomic mass is 10.2. The second-order valence-electron chi connectivity index (χ2n) is 4.50. The first-order valence-electron chi connectivity index (χ1n) is 6.79. The summed E-state index contributed by atoms with van der Waals surface area (Å²) in [6, 6.07) is 11.0. The molecule has 110 valence electrons. The van der Waals surface area contributed by atoms with E-state index in [4.69, 9.17) is 9.84 Å². The number of rotatable bonds is 6. The fourth-order valence-electron chi connectivity index (χ4n) is 1.82. The molecular weight excluding hydrogens is 268 g/mol. The van der Waals surface area contributed by atoms with Gasteiger partial charge in [-0.2, -0.15) is 0 Å². The van der Waals surface area contributed by atoms with Crippen molar-refractivity contribution in [3.63, 3.8) is 0 Å². The van der Waals surface area contributed by atoms with Crippen LogP contribution in [0.3, 0.4) is 0 Å². The summed E-state index contributed by atoms with van der Waals surface area (Å²) in [6.45, 7) is 1.80. The van der Waals surface area contributed by atoms with E-state index in [0.29, 0.717) is 17.1 Å². The van der Waals surface area contributed by atoms with Gasteiger partial charge in [0.2, 0.25) is 0 Å². The van der Waals surface area contributed by atoms with Crippen LogP contribution in [0.1, 0.15) is 18.1 Å². The van der Waals surface area contributed by atoms with Crippen LogP contribution in [0, 0.1) is 0 Å². The maximum atomic E-state index is 11.8. The smallest absolute Gasteiger partial charge is 0.263 e. The molecule has 0 spiro atoms. The van der Waals surface area contributed by atoms with Gasteiger partial charge in [0, 0.05) is 11.8 Å². The Kier molecular flexibility index (Phi) is 5.29. The lowest BCUT2D eigenvalue weighted by Gasteiger charge is -2.09. The molecule has 0 bridgehead atoms. The van der Waals surface area contributed by atoms with Crippen molar-refractivity contribution in [2.75, 3.05) is 11.9 Å². The Balaban J connectivity index is 1.89. The van der Waals surface area contributed by atoms with Crippen molar-refractivity contribution in [1.82, 2.24) is 4.98 Å². The first kappa shape index (κ1) is 15.0. The van der Waals surface area contributed by atoms with Gasteiger partial charge in [0.05, 0.1) is 6.61 Å². The van der Waals surface area contributed by atoms with Crippen LogP contribution < -0.4 is 10.1 Å². The summed E-state index contributed by atoms with van der Waals surface area (Å²) >= 11 is 0. The van der Waals surface area contributed by atoms with Crippen molar-refractivity contribution in [1.29, 1.82) is 0 Å². The Morgan fingerprint density at radius 2 is 2.05 bits per heavy atom. The number of aryl methyl sites for hydroxylation is 1. The number of hydrogen-bond acceptors (Lipinski definition) is 4. The van der Waals surface area contributed by atoms with E-state index in [1.54, 1.807) is 18.3 Å². The Hall–Kier alpha value is -2.40. The molecule has 1 aromatic carbocycles. The first-order valence-corrected chi connectivity index (χ1v) is 6.79. The van der Waals surface area contributed by atoms with Crippen LogP contribution in [0.4, 0.5) is 5.82 Å². The first-order chi connectivity index (χ1) is 10.2.